The molecule has 0 bridgehead atoms. The van der Waals surface area contributed by atoms with Crippen LogP contribution in [0.3, 0.4) is 0 Å². The zero-order chi connectivity index (χ0) is 26.4. The number of methoxy groups -OCH3 is 1. The summed E-state index contributed by atoms with van der Waals surface area (Å²) in [5.41, 5.74) is 0. The number of aliphatic hydroxyl groups excluding tert-OH is 2. The highest BCUT2D eigenvalue weighted by molar-refractivity contribution is 5.78. The maximum atomic E-state index is 11.5. The van der Waals surface area contributed by atoms with Crippen molar-refractivity contribution in [2.45, 2.75) is 0 Å². The van der Waals surface area contributed by atoms with E-state index in [2.05, 4.69) is 5.32 Å². The number of carbonyl (C=O) groups excluding carboxylic acids is 1. The van der Waals surface area contributed by atoms with Gasteiger partial charge in [0.05, 0.1) is 131 Å². The third-order valence-corrected chi connectivity index (χ3v) is 4.39. The SMILES string of the molecule is COCCOCCOCCOCCOCCOCCOCCOCCOCCNC(=O)C(CO)CO. The molecular weight excluding hydrogens is 482 g/mol. The number of amides is 1. The second-order valence-corrected chi connectivity index (χ2v) is 7.24. The average Bonchev–Trinajstić information content (AvgIpc) is 2.89. The minimum Gasteiger partial charge on any atom is -0.395 e. The molecule has 0 aromatic rings. The highest BCUT2D eigenvalue weighted by Gasteiger charge is 2.15. The van der Waals surface area contributed by atoms with Gasteiger partial charge in [-0.1, -0.05) is 0 Å². The van der Waals surface area contributed by atoms with Crippen LogP contribution in [0, 0.1) is 5.92 Å². The van der Waals surface area contributed by atoms with Crippen LogP contribution in [0.15, 0.2) is 0 Å². The fourth-order valence-electron chi connectivity index (χ4n) is 2.40. The van der Waals surface area contributed by atoms with Gasteiger partial charge in [0.1, 0.15) is 0 Å². The molecule has 0 unspecified atom stereocenters. The monoisotopic (exact) mass is 529 g/mol. The van der Waals surface area contributed by atoms with Gasteiger partial charge in [0.2, 0.25) is 5.91 Å². The van der Waals surface area contributed by atoms with E-state index in [0.717, 1.165) is 0 Å². The Kier molecular flexibility index (Phi) is 29.4. The lowest BCUT2D eigenvalue weighted by atomic mass is 10.1. The average molecular weight is 530 g/mol. The van der Waals surface area contributed by atoms with Crippen molar-refractivity contribution >= 4 is 5.91 Å². The summed E-state index contributed by atoms with van der Waals surface area (Å²) in [5.74, 6) is -1.19. The van der Waals surface area contributed by atoms with Crippen molar-refractivity contribution in [2.75, 3.05) is 139 Å². The minimum atomic E-state index is -0.794. The van der Waals surface area contributed by atoms with Gasteiger partial charge in [0.15, 0.2) is 0 Å². The Morgan fingerprint density at radius 2 is 0.806 bits per heavy atom. The van der Waals surface area contributed by atoms with E-state index in [4.69, 9.17) is 52.8 Å². The number of rotatable bonds is 30. The summed E-state index contributed by atoms with van der Waals surface area (Å²) in [5, 5.41) is 20.4. The molecule has 0 saturated carbocycles. The maximum absolute atomic E-state index is 11.5. The molecule has 0 aromatic heterocycles. The Morgan fingerprint density at radius 1 is 0.528 bits per heavy atom. The van der Waals surface area contributed by atoms with Gasteiger partial charge in [-0.05, 0) is 0 Å². The molecule has 0 spiro atoms. The lowest BCUT2D eigenvalue weighted by Gasteiger charge is -2.11. The molecule has 0 fully saturated rings. The maximum Gasteiger partial charge on any atom is 0.227 e. The van der Waals surface area contributed by atoms with Crippen LogP contribution in [0.5, 0.6) is 0 Å². The van der Waals surface area contributed by atoms with Crippen molar-refractivity contribution in [3.05, 3.63) is 0 Å². The van der Waals surface area contributed by atoms with Crippen molar-refractivity contribution in [1.29, 1.82) is 0 Å². The normalized spacial score (nSPS) is 11.4. The highest BCUT2D eigenvalue weighted by atomic mass is 16.6. The third kappa shape index (κ3) is 26.1. The first-order chi connectivity index (χ1) is 17.8. The van der Waals surface area contributed by atoms with Crippen molar-refractivity contribution < 1.29 is 57.6 Å². The summed E-state index contributed by atoms with van der Waals surface area (Å²) in [6, 6.07) is 0. The Labute approximate surface area is 214 Å². The van der Waals surface area contributed by atoms with E-state index in [9.17, 15) is 4.79 Å². The molecule has 0 atom stereocenters. The van der Waals surface area contributed by atoms with Crippen LogP contribution in [-0.2, 0) is 47.4 Å². The highest BCUT2D eigenvalue weighted by Crippen LogP contribution is 1.92. The van der Waals surface area contributed by atoms with E-state index in [-0.39, 0.29) is 13.2 Å². The fourth-order valence-corrected chi connectivity index (χ4v) is 2.40. The summed E-state index contributed by atoms with van der Waals surface area (Å²) in [6.45, 7) is 7.82. The van der Waals surface area contributed by atoms with Gasteiger partial charge in [-0.2, -0.15) is 0 Å². The van der Waals surface area contributed by atoms with Crippen LogP contribution < -0.4 is 5.32 Å². The lowest BCUT2D eigenvalue weighted by Crippen LogP contribution is -2.36. The van der Waals surface area contributed by atoms with E-state index < -0.39 is 11.8 Å². The quantitative estimate of drug-likeness (QED) is 0.0927. The molecule has 0 aliphatic heterocycles. The van der Waals surface area contributed by atoms with Gasteiger partial charge < -0.3 is 58.2 Å². The first-order valence-electron chi connectivity index (χ1n) is 12.4. The van der Waals surface area contributed by atoms with Crippen molar-refractivity contribution in [3.8, 4) is 0 Å². The smallest absolute Gasteiger partial charge is 0.227 e. The van der Waals surface area contributed by atoms with Gasteiger partial charge in [-0.15, -0.1) is 0 Å². The summed E-state index contributed by atoms with van der Waals surface area (Å²) in [7, 11) is 1.64. The molecular formula is C23H47NO12. The van der Waals surface area contributed by atoms with E-state index in [0.29, 0.717) is 119 Å². The van der Waals surface area contributed by atoms with Crippen molar-refractivity contribution in [3.63, 3.8) is 0 Å². The molecule has 0 aromatic carbocycles. The Bertz CT molecular complexity index is 443. The Balaban J connectivity index is 3.10. The molecule has 0 rings (SSSR count). The molecule has 0 aliphatic carbocycles. The number of aliphatic hydroxyl groups is 2. The predicted molar refractivity (Wildman–Crippen MR) is 129 cm³/mol. The fraction of sp³-hybridized carbons (Fsp3) is 0.957. The van der Waals surface area contributed by atoms with Crippen molar-refractivity contribution in [1.82, 2.24) is 5.32 Å². The van der Waals surface area contributed by atoms with Gasteiger partial charge >= 0.3 is 0 Å². The van der Waals surface area contributed by atoms with Crippen molar-refractivity contribution in [2.24, 2.45) is 5.92 Å². The number of ether oxygens (including phenoxy) is 9. The number of nitrogens with one attached hydrogen (secondary N) is 1. The summed E-state index contributed by atoms with van der Waals surface area (Å²) in [6.07, 6.45) is 0. The number of hydrogen-bond donors (Lipinski definition) is 3. The lowest BCUT2D eigenvalue weighted by molar-refractivity contribution is -0.127. The minimum absolute atomic E-state index is 0.305. The zero-order valence-electron chi connectivity index (χ0n) is 21.7. The summed E-state index contributed by atoms with van der Waals surface area (Å²) >= 11 is 0. The molecule has 0 heterocycles. The molecule has 13 nitrogen and oxygen atoms in total. The number of hydrogen-bond acceptors (Lipinski definition) is 12. The molecule has 0 saturated heterocycles. The van der Waals surface area contributed by atoms with Crippen LogP contribution in [0.25, 0.3) is 0 Å². The molecule has 0 radical (unpaired) electrons. The van der Waals surface area contributed by atoms with Gasteiger partial charge in [0.25, 0.3) is 0 Å². The Hall–Kier alpha value is -0.970. The zero-order valence-corrected chi connectivity index (χ0v) is 21.7. The molecule has 216 valence electrons. The number of carbonyl (C=O) groups is 1. The van der Waals surface area contributed by atoms with Gasteiger partial charge in [-0.3, -0.25) is 4.79 Å². The second-order valence-electron chi connectivity index (χ2n) is 7.24. The van der Waals surface area contributed by atoms with E-state index in [1.54, 1.807) is 7.11 Å². The van der Waals surface area contributed by atoms with Gasteiger partial charge in [0, 0.05) is 13.7 Å². The first kappa shape index (κ1) is 35.0. The molecule has 0 aliphatic rings. The van der Waals surface area contributed by atoms with Crippen LogP contribution in [-0.4, -0.2) is 155 Å². The molecule has 36 heavy (non-hydrogen) atoms. The van der Waals surface area contributed by atoms with Crippen LogP contribution in [0.2, 0.25) is 0 Å². The van der Waals surface area contributed by atoms with Crippen LogP contribution >= 0.6 is 0 Å². The second kappa shape index (κ2) is 30.3. The summed E-state index contributed by atoms with van der Waals surface area (Å²) < 4.78 is 47.9. The van der Waals surface area contributed by atoms with E-state index >= 15 is 0 Å². The molecule has 3 N–H and O–H groups in total. The first-order valence-corrected chi connectivity index (χ1v) is 12.4. The topological polar surface area (TPSA) is 153 Å². The van der Waals surface area contributed by atoms with Crippen LogP contribution in [0.4, 0.5) is 0 Å². The predicted octanol–water partition coefficient (Wildman–Crippen LogP) is -1.52. The summed E-state index contributed by atoms with van der Waals surface area (Å²) in [4.78, 5) is 11.5. The molecule has 1 amide bonds. The largest absolute Gasteiger partial charge is 0.395 e. The van der Waals surface area contributed by atoms with E-state index in [1.807, 2.05) is 0 Å². The van der Waals surface area contributed by atoms with E-state index in [1.165, 1.54) is 0 Å². The third-order valence-electron chi connectivity index (χ3n) is 4.39. The van der Waals surface area contributed by atoms with Crippen LogP contribution in [0.1, 0.15) is 0 Å². The standard InChI is InChI=1S/C23H47NO12/c1-28-4-5-30-8-9-32-12-13-34-16-17-36-19-18-35-15-14-33-11-10-31-7-6-29-3-2-24-23(27)22(20-25)21-26/h22,25-26H,2-21H2,1H3,(H,24,27). The van der Waals surface area contributed by atoms with Gasteiger partial charge in [-0.25, -0.2) is 0 Å². The molecule has 13 heteroatoms. The Morgan fingerprint density at radius 3 is 1.08 bits per heavy atom.